The van der Waals surface area contributed by atoms with Crippen LogP contribution in [0.5, 0.6) is 0 Å². The van der Waals surface area contributed by atoms with E-state index in [9.17, 15) is 0 Å². The van der Waals surface area contributed by atoms with Gasteiger partial charge in [-0.2, -0.15) is 4.99 Å². The summed E-state index contributed by atoms with van der Waals surface area (Å²) in [6.45, 7) is 0. The van der Waals surface area contributed by atoms with Crippen molar-refractivity contribution in [2.24, 2.45) is 16.5 Å². The molecule has 0 aromatic rings. The highest BCUT2D eigenvalue weighted by atomic mass is 35.5. The molecule has 5 N–H and O–H groups in total. The smallest absolute Gasteiger partial charge is 0.223 e. The molecule has 0 aromatic carbocycles. The molecule has 6 nitrogen and oxygen atoms in total. The third-order valence-electron chi connectivity index (χ3n) is 0.831. The van der Waals surface area contributed by atoms with Crippen LogP contribution in [0.2, 0.25) is 0 Å². The summed E-state index contributed by atoms with van der Waals surface area (Å²) in [5.41, 5.74) is 10.2. The molecule has 66 valence electrons. The SMILES string of the molecule is CON(C)C(N)=NC(=N)N.Cl. The average Bonchev–Trinajstić information content (AvgIpc) is 1.85. The maximum atomic E-state index is 6.72. The van der Waals surface area contributed by atoms with Gasteiger partial charge in [0.15, 0.2) is 0 Å². The van der Waals surface area contributed by atoms with Crippen LogP contribution in [-0.4, -0.2) is 31.1 Å². The predicted octanol–water partition coefficient (Wildman–Crippen LogP) is -0.890. The first-order valence-corrected chi connectivity index (χ1v) is 2.54. The lowest BCUT2D eigenvalue weighted by Crippen LogP contribution is -2.34. The summed E-state index contributed by atoms with van der Waals surface area (Å²) in [6.07, 6.45) is 0. The molecule has 0 aliphatic carbocycles. The molecule has 0 spiro atoms. The van der Waals surface area contributed by atoms with E-state index in [0.29, 0.717) is 0 Å². The van der Waals surface area contributed by atoms with Gasteiger partial charge in [-0.05, 0) is 0 Å². The number of nitrogens with one attached hydrogen (secondary N) is 1. The highest BCUT2D eigenvalue weighted by Crippen LogP contribution is 1.79. The van der Waals surface area contributed by atoms with E-state index in [4.69, 9.17) is 16.9 Å². The van der Waals surface area contributed by atoms with Crippen LogP contribution in [0.3, 0.4) is 0 Å². The van der Waals surface area contributed by atoms with Crippen LogP contribution in [0.1, 0.15) is 0 Å². The number of nitrogens with two attached hydrogens (primary N) is 2. The number of hydroxylamine groups is 2. The first kappa shape index (κ1) is 12.6. The second kappa shape index (κ2) is 5.75. The molecule has 0 atom stereocenters. The van der Waals surface area contributed by atoms with E-state index < -0.39 is 0 Å². The average molecular weight is 182 g/mol. The van der Waals surface area contributed by atoms with E-state index in [0.717, 1.165) is 0 Å². The molecule has 7 heteroatoms. The normalized spacial score (nSPS) is 10.2. The number of rotatable bonds is 1. The van der Waals surface area contributed by atoms with Gasteiger partial charge in [-0.25, -0.2) is 5.06 Å². The lowest BCUT2D eigenvalue weighted by molar-refractivity contribution is -0.0428. The van der Waals surface area contributed by atoms with Crippen LogP contribution >= 0.6 is 12.4 Å². The Morgan fingerprint density at radius 3 is 2.27 bits per heavy atom. The van der Waals surface area contributed by atoms with E-state index in [1.807, 2.05) is 0 Å². The molecule has 0 radical (unpaired) electrons. The molecule has 0 unspecified atom stereocenters. The standard InChI is InChI=1S/C4H11N5O.ClH/c1-9(10-2)4(7)8-3(5)6;/h1-2H3,(H5,5,6,7,8);1H. The van der Waals surface area contributed by atoms with Crippen molar-refractivity contribution in [1.29, 1.82) is 5.41 Å². The van der Waals surface area contributed by atoms with Gasteiger partial charge >= 0.3 is 0 Å². The molecule has 0 saturated carbocycles. The van der Waals surface area contributed by atoms with Crippen molar-refractivity contribution >= 4 is 24.3 Å². The third kappa shape index (κ3) is 5.43. The topological polar surface area (TPSA) is 101 Å². The van der Waals surface area contributed by atoms with Gasteiger partial charge in [-0.1, -0.05) is 0 Å². The van der Waals surface area contributed by atoms with E-state index in [2.05, 4.69) is 9.83 Å². The lowest BCUT2D eigenvalue weighted by Gasteiger charge is -2.12. The van der Waals surface area contributed by atoms with Crippen LogP contribution in [0.4, 0.5) is 0 Å². The Hall–Kier alpha value is -1.01. The van der Waals surface area contributed by atoms with E-state index in [1.54, 1.807) is 7.05 Å². The molecule has 0 fully saturated rings. The van der Waals surface area contributed by atoms with Crippen LogP contribution < -0.4 is 11.5 Å². The van der Waals surface area contributed by atoms with E-state index in [-0.39, 0.29) is 24.3 Å². The summed E-state index contributed by atoms with van der Waals surface area (Å²) in [5, 5.41) is 7.92. The van der Waals surface area contributed by atoms with E-state index in [1.165, 1.54) is 12.2 Å². The van der Waals surface area contributed by atoms with Crippen molar-refractivity contribution < 1.29 is 4.84 Å². The zero-order valence-corrected chi connectivity index (χ0v) is 7.18. The molecule has 0 amide bonds. The zero-order valence-electron chi connectivity index (χ0n) is 6.37. The highest BCUT2D eigenvalue weighted by molar-refractivity contribution is 5.91. The molecule has 0 aliphatic heterocycles. The van der Waals surface area contributed by atoms with Gasteiger partial charge in [0, 0.05) is 7.05 Å². The van der Waals surface area contributed by atoms with Gasteiger partial charge in [0.05, 0.1) is 7.11 Å². The number of hydrogen-bond donors (Lipinski definition) is 3. The number of aliphatic imine (C=N–C) groups is 1. The number of guanidine groups is 2. The van der Waals surface area contributed by atoms with Crippen LogP contribution in [0, 0.1) is 5.41 Å². The molecule has 0 aromatic heterocycles. The van der Waals surface area contributed by atoms with Crippen molar-refractivity contribution in [3.63, 3.8) is 0 Å². The Balaban J connectivity index is 0. The third-order valence-corrected chi connectivity index (χ3v) is 0.831. The lowest BCUT2D eigenvalue weighted by atomic mass is 10.9. The summed E-state index contributed by atoms with van der Waals surface area (Å²) in [7, 11) is 2.99. The van der Waals surface area contributed by atoms with Gasteiger partial charge in [-0.3, -0.25) is 10.2 Å². The van der Waals surface area contributed by atoms with Gasteiger partial charge in [0.25, 0.3) is 0 Å². The molecule has 0 bridgehead atoms. The van der Waals surface area contributed by atoms with Crippen molar-refractivity contribution in [1.82, 2.24) is 5.06 Å². The van der Waals surface area contributed by atoms with Crippen molar-refractivity contribution in [2.75, 3.05) is 14.2 Å². The number of hydrogen-bond acceptors (Lipinski definition) is 2. The van der Waals surface area contributed by atoms with Gasteiger partial charge in [0.1, 0.15) is 0 Å². The molecule has 0 saturated heterocycles. The van der Waals surface area contributed by atoms with Crippen molar-refractivity contribution in [3.05, 3.63) is 0 Å². The Bertz CT molecular complexity index is 159. The zero-order chi connectivity index (χ0) is 8.15. The summed E-state index contributed by atoms with van der Waals surface area (Å²) < 4.78 is 0. The Labute approximate surface area is 71.1 Å². The van der Waals surface area contributed by atoms with Crippen LogP contribution in [0.15, 0.2) is 4.99 Å². The summed E-state index contributed by atoms with van der Waals surface area (Å²) >= 11 is 0. The molecule has 11 heavy (non-hydrogen) atoms. The minimum atomic E-state index is -0.346. The van der Waals surface area contributed by atoms with Crippen molar-refractivity contribution in [2.45, 2.75) is 0 Å². The van der Waals surface area contributed by atoms with Crippen molar-refractivity contribution in [3.8, 4) is 0 Å². The summed E-state index contributed by atoms with van der Waals surface area (Å²) in [4.78, 5) is 8.04. The summed E-state index contributed by atoms with van der Waals surface area (Å²) in [6, 6.07) is 0. The minimum Gasteiger partial charge on any atom is -0.368 e. The molecular formula is C4H12ClN5O. The second-order valence-corrected chi connectivity index (χ2v) is 1.54. The van der Waals surface area contributed by atoms with Gasteiger partial charge < -0.3 is 11.5 Å². The maximum absolute atomic E-state index is 6.72. The minimum absolute atomic E-state index is 0. The van der Waals surface area contributed by atoms with Gasteiger partial charge in [0.2, 0.25) is 11.9 Å². The first-order valence-electron chi connectivity index (χ1n) is 2.54. The summed E-state index contributed by atoms with van der Waals surface area (Å²) in [5.74, 6) is -0.295. The Morgan fingerprint density at radius 1 is 1.55 bits per heavy atom. The molecule has 0 heterocycles. The number of nitrogens with zero attached hydrogens (tertiary/aromatic N) is 2. The Kier molecular flexibility index (Phi) is 6.61. The van der Waals surface area contributed by atoms with Crippen LogP contribution in [-0.2, 0) is 4.84 Å². The first-order chi connectivity index (χ1) is 4.57. The largest absolute Gasteiger partial charge is 0.368 e. The molecule has 0 aliphatic rings. The molecule has 0 rings (SSSR count). The highest BCUT2D eigenvalue weighted by Gasteiger charge is 1.97. The number of halogens is 1. The van der Waals surface area contributed by atoms with Crippen LogP contribution in [0.25, 0.3) is 0 Å². The fourth-order valence-corrected chi connectivity index (χ4v) is 0.287. The van der Waals surface area contributed by atoms with Gasteiger partial charge in [-0.15, -0.1) is 12.4 Å². The second-order valence-electron chi connectivity index (χ2n) is 1.54. The Morgan fingerprint density at radius 2 is 2.00 bits per heavy atom. The fraction of sp³-hybridized carbons (Fsp3) is 0.500. The quantitative estimate of drug-likeness (QED) is 0.278. The maximum Gasteiger partial charge on any atom is 0.223 e. The fourth-order valence-electron chi connectivity index (χ4n) is 0.287. The monoisotopic (exact) mass is 181 g/mol. The van der Waals surface area contributed by atoms with E-state index >= 15 is 0 Å². The molecular weight excluding hydrogens is 170 g/mol. The predicted molar refractivity (Wildman–Crippen MR) is 45.6 cm³/mol.